The Kier molecular flexibility index (Phi) is 3.02. The first-order valence-corrected chi connectivity index (χ1v) is 5.34. The second-order valence-electron chi connectivity index (χ2n) is 4.02. The molecule has 0 aliphatic heterocycles. The second-order valence-corrected chi connectivity index (χ2v) is 4.02. The Morgan fingerprint density at radius 2 is 1.88 bits per heavy atom. The van der Waals surface area contributed by atoms with E-state index >= 15 is 0 Å². The zero-order chi connectivity index (χ0) is 11.5. The molecule has 0 bridgehead atoms. The van der Waals surface area contributed by atoms with Gasteiger partial charge >= 0.3 is 0 Å². The third-order valence-electron chi connectivity index (χ3n) is 2.70. The molecule has 0 saturated carbocycles. The maximum atomic E-state index is 10.2. The van der Waals surface area contributed by atoms with Crippen molar-refractivity contribution >= 4 is 0 Å². The van der Waals surface area contributed by atoms with Crippen molar-refractivity contribution in [2.45, 2.75) is 20.0 Å². The standard InChI is InChI=1S/C14H15NO/c1-10-7-8-15-13(9-10)14(16)12-6-4-3-5-11(12)2/h3-9,14,16H,1-2H3. The molecule has 2 nitrogen and oxygen atoms in total. The highest BCUT2D eigenvalue weighted by Gasteiger charge is 2.13. The van der Waals surface area contributed by atoms with Crippen molar-refractivity contribution in [2.75, 3.05) is 0 Å². The Morgan fingerprint density at radius 1 is 1.12 bits per heavy atom. The lowest BCUT2D eigenvalue weighted by Gasteiger charge is -2.13. The Balaban J connectivity index is 2.39. The van der Waals surface area contributed by atoms with Gasteiger partial charge in [0, 0.05) is 6.20 Å². The molecular weight excluding hydrogens is 198 g/mol. The summed E-state index contributed by atoms with van der Waals surface area (Å²) in [6.45, 7) is 3.99. The summed E-state index contributed by atoms with van der Waals surface area (Å²) in [7, 11) is 0. The van der Waals surface area contributed by atoms with E-state index in [0.29, 0.717) is 5.69 Å². The summed E-state index contributed by atoms with van der Waals surface area (Å²) in [6.07, 6.45) is 1.09. The molecule has 0 amide bonds. The molecule has 1 atom stereocenters. The highest BCUT2D eigenvalue weighted by atomic mass is 16.3. The molecule has 1 aromatic heterocycles. The number of aliphatic hydroxyl groups is 1. The van der Waals surface area contributed by atoms with Gasteiger partial charge in [-0.15, -0.1) is 0 Å². The van der Waals surface area contributed by atoms with E-state index in [1.807, 2.05) is 50.2 Å². The number of aryl methyl sites for hydroxylation is 2. The molecule has 0 radical (unpaired) electrons. The number of hydrogen-bond donors (Lipinski definition) is 1. The van der Waals surface area contributed by atoms with Crippen molar-refractivity contribution in [1.82, 2.24) is 4.98 Å². The molecule has 1 unspecified atom stereocenters. The summed E-state index contributed by atoms with van der Waals surface area (Å²) in [5.74, 6) is 0. The highest BCUT2D eigenvalue weighted by molar-refractivity contribution is 5.33. The smallest absolute Gasteiger partial charge is 0.121 e. The van der Waals surface area contributed by atoms with Crippen LogP contribution in [0, 0.1) is 13.8 Å². The first-order valence-electron chi connectivity index (χ1n) is 5.34. The molecular formula is C14H15NO. The van der Waals surface area contributed by atoms with Crippen molar-refractivity contribution in [3.63, 3.8) is 0 Å². The van der Waals surface area contributed by atoms with Crippen LogP contribution >= 0.6 is 0 Å². The first-order chi connectivity index (χ1) is 7.68. The van der Waals surface area contributed by atoms with Crippen molar-refractivity contribution in [3.05, 3.63) is 65.0 Å². The lowest BCUT2D eigenvalue weighted by molar-refractivity contribution is 0.214. The number of benzene rings is 1. The molecule has 2 rings (SSSR count). The number of aliphatic hydroxyl groups excluding tert-OH is 1. The third-order valence-corrected chi connectivity index (χ3v) is 2.70. The Hall–Kier alpha value is -1.67. The van der Waals surface area contributed by atoms with Crippen LogP contribution in [0.3, 0.4) is 0 Å². The van der Waals surface area contributed by atoms with Crippen LogP contribution in [0.15, 0.2) is 42.6 Å². The topological polar surface area (TPSA) is 33.1 Å². The lowest BCUT2D eigenvalue weighted by Crippen LogP contribution is -2.04. The number of rotatable bonds is 2. The fourth-order valence-electron chi connectivity index (χ4n) is 1.76. The van der Waals surface area contributed by atoms with Crippen LogP contribution in [0.1, 0.15) is 28.5 Å². The van der Waals surface area contributed by atoms with Crippen LogP contribution < -0.4 is 0 Å². The van der Waals surface area contributed by atoms with E-state index in [1.165, 1.54) is 0 Å². The van der Waals surface area contributed by atoms with Gasteiger partial charge in [0.2, 0.25) is 0 Å². The van der Waals surface area contributed by atoms with Gasteiger partial charge in [-0.3, -0.25) is 4.98 Å². The molecule has 82 valence electrons. The number of hydrogen-bond acceptors (Lipinski definition) is 2. The number of nitrogens with zero attached hydrogens (tertiary/aromatic N) is 1. The van der Waals surface area contributed by atoms with E-state index in [1.54, 1.807) is 6.20 Å². The minimum Gasteiger partial charge on any atom is -0.382 e. The molecule has 0 fully saturated rings. The van der Waals surface area contributed by atoms with E-state index in [2.05, 4.69) is 4.98 Å². The molecule has 1 N–H and O–H groups in total. The maximum Gasteiger partial charge on any atom is 0.121 e. The summed E-state index contributed by atoms with van der Waals surface area (Å²) >= 11 is 0. The van der Waals surface area contributed by atoms with Crippen LogP contribution in [0.2, 0.25) is 0 Å². The molecule has 1 aromatic carbocycles. The highest BCUT2D eigenvalue weighted by Crippen LogP contribution is 2.23. The van der Waals surface area contributed by atoms with E-state index in [-0.39, 0.29) is 0 Å². The predicted molar refractivity (Wildman–Crippen MR) is 64.2 cm³/mol. The average Bonchev–Trinajstić information content (AvgIpc) is 2.29. The normalized spacial score (nSPS) is 12.4. The van der Waals surface area contributed by atoms with E-state index in [9.17, 15) is 5.11 Å². The summed E-state index contributed by atoms with van der Waals surface area (Å²) < 4.78 is 0. The van der Waals surface area contributed by atoms with Crippen molar-refractivity contribution < 1.29 is 5.11 Å². The van der Waals surface area contributed by atoms with Crippen LogP contribution in [-0.4, -0.2) is 10.1 Å². The van der Waals surface area contributed by atoms with E-state index in [0.717, 1.165) is 16.7 Å². The fraction of sp³-hybridized carbons (Fsp3) is 0.214. The SMILES string of the molecule is Cc1ccnc(C(O)c2ccccc2C)c1. The van der Waals surface area contributed by atoms with Crippen LogP contribution in [-0.2, 0) is 0 Å². The molecule has 16 heavy (non-hydrogen) atoms. The van der Waals surface area contributed by atoms with Crippen LogP contribution in [0.5, 0.6) is 0 Å². The van der Waals surface area contributed by atoms with Gasteiger partial charge in [-0.2, -0.15) is 0 Å². The van der Waals surface area contributed by atoms with Gasteiger partial charge in [-0.05, 0) is 42.7 Å². The molecule has 0 saturated heterocycles. The van der Waals surface area contributed by atoms with Crippen molar-refractivity contribution in [1.29, 1.82) is 0 Å². The van der Waals surface area contributed by atoms with Gasteiger partial charge in [0.05, 0.1) is 5.69 Å². The number of aromatic nitrogens is 1. The van der Waals surface area contributed by atoms with E-state index in [4.69, 9.17) is 0 Å². The monoisotopic (exact) mass is 213 g/mol. The van der Waals surface area contributed by atoms with Crippen molar-refractivity contribution in [2.24, 2.45) is 0 Å². The minimum atomic E-state index is -0.638. The first kappa shape index (κ1) is 10.8. The molecule has 0 aliphatic rings. The van der Waals surface area contributed by atoms with Crippen LogP contribution in [0.25, 0.3) is 0 Å². The quantitative estimate of drug-likeness (QED) is 0.832. The van der Waals surface area contributed by atoms with Crippen LogP contribution in [0.4, 0.5) is 0 Å². The van der Waals surface area contributed by atoms with Gasteiger partial charge < -0.3 is 5.11 Å². The molecule has 2 aromatic rings. The Labute approximate surface area is 95.6 Å². The van der Waals surface area contributed by atoms with Gasteiger partial charge in [0.1, 0.15) is 6.10 Å². The van der Waals surface area contributed by atoms with Gasteiger partial charge in [0.25, 0.3) is 0 Å². The predicted octanol–water partition coefficient (Wildman–Crippen LogP) is 2.78. The summed E-state index contributed by atoms with van der Waals surface area (Å²) in [6, 6.07) is 11.7. The summed E-state index contributed by atoms with van der Waals surface area (Å²) in [4.78, 5) is 4.21. The molecule has 0 aliphatic carbocycles. The zero-order valence-corrected chi connectivity index (χ0v) is 9.51. The van der Waals surface area contributed by atoms with Crippen molar-refractivity contribution in [3.8, 4) is 0 Å². The minimum absolute atomic E-state index is 0.638. The average molecular weight is 213 g/mol. The zero-order valence-electron chi connectivity index (χ0n) is 9.51. The second kappa shape index (κ2) is 4.45. The largest absolute Gasteiger partial charge is 0.382 e. The van der Waals surface area contributed by atoms with Gasteiger partial charge in [-0.25, -0.2) is 0 Å². The Morgan fingerprint density at radius 3 is 2.56 bits per heavy atom. The fourth-order valence-corrected chi connectivity index (χ4v) is 1.76. The molecule has 0 spiro atoms. The molecule has 1 heterocycles. The maximum absolute atomic E-state index is 10.2. The summed E-state index contributed by atoms with van der Waals surface area (Å²) in [5.41, 5.74) is 3.81. The lowest BCUT2D eigenvalue weighted by atomic mass is 10.0. The van der Waals surface area contributed by atoms with Gasteiger partial charge in [0.15, 0.2) is 0 Å². The van der Waals surface area contributed by atoms with Gasteiger partial charge in [-0.1, -0.05) is 24.3 Å². The summed E-state index contributed by atoms with van der Waals surface area (Å²) in [5, 5.41) is 10.2. The molecule has 2 heteroatoms. The Bertz CT molecular complexity index is 494. The van der Waals surface area contributed by atoms with E-state index < -0.39 is 6.10 Å². The number of pyridine rings is 1. The third kappa shape index (κ3) is 2.12.